The van der Waals surface area contributed by atoms with E-state index in [0.717, 1.165) is 38.9 Å². The molecule has 1 heterocycles. The van der Waals surface area contributed by atoms with Crippen LogP contribution >= 0.6 is 0 Å². The molecule has 1 fully saturated rings. The van der Waals surface area contributed by atoms with Crippen LogP contribution in [0.15, 0.2) is 0 Å². The molecule has 0 bridgehead atoms. The van der Waals surface area contributed by atoms with Crippen LogP contribution in [0.3, 0.4) is 0 Å². The fraction of sp³-hybridized carbons (Fsp3) is 0.923. The Hall–Kier alpha value is -0.770. The summed E-state index contributed by atoms with van der Waals surface area (Å²) in [5, 5.41) is 3.09. The van der Waals surface area contributed by atoms with Crippen molar-refractivity contribution in [2.45, 2.75) is 45.1 Å². The molecule has 0 aromatic heterocycles. The monoisotopic (exact) mass is 241 g/mol. The summed E-state index contributed by atoms with van der Waals surface area (Å²) in [5.41, 5.74) is 0. The number of rotatable bonds is 4. The molecule has 0 aliphatic carbocycles. The zero-order valence-corrected chi connectivity index (χ0v) is 11.5. The predicted octanol–water partition coefficient (Wildman–Crippen LogP) is 1.91. The summed E-state index contributed by atoms with van der Waals surface area (Å²) >= 11 is 0. The lowest BCUT2D eigenvalue weighted by atomic mass is 10.2. The molecule has 100 valence electrons. The number of likely N-dealkylation sites (tertiary alicyclic amines) is 1. The molecule has 0 aromatic rings. The lowest BCUT2D eigenvalue weighted by Crippen LogP contribution is -2.44. The van der Waals surface area contributed by atoms with Crippen molar-refractivity contribution >= 4 is 6.03 Å². The lowest BCUT2D eigenvalue weighted by Gasteiger charge is -2.24. The van der Waals surface area contributed by atoms with Crippen molar-refractivity contribution in [1.82, 2.24) is 15.1 Å². The molecule has 2 amide bonds. The minimum atomic E-state index is 0.123. The van der Waals surface area contributed by atoms with Gasteiger partial charge in [0, 0.05) is 19.1 Å². The van der Waals surface area contributed by atoms with E-state index in [9.17, 15) is 4.79 Å². The molecule has 1 aliphatic heterocycles. The third-order valence-corrected chi connectivity index (χ3v) is 3.27. The van der Waals surface area contributed by atoms with Gasteiger partial charge in [0.2, 0.25) is 0 Å². The average Bonchev–Trinajstić information content (AvgIpc) is 2.54. The molecule has 1 saturated heterocycles. The Morgan fingerprint density at radius 1 is 1.24 bits per heavy atom. The van der Waals surface area contributed by atoms with Gasteiger partial charge in [-0.1, -0.05) is 12.8 Å². The largest absolute Gasteiger partial charge is 0.335 e. The van der Waals surface area contributed by atoms with Gasteiger partial charge in [0.05, 0.1) is 0 Å². The topological polar surface area (TPSA) is 35.6 Å². The summed E-state index contributed by atoms with van der Waals surface area (Å²) < 4.78 is 0. The van der Waals surface area contributed by atoms with Crippen molar-refractivity contribution < 1.29 is 4.79 Å². The minimum Gasteiger partial charge on any atom is -0.335 e. The van der Waals surface area contributed by atoms with Crippen molar-refractivity contribution in [3.63, 3.8) is 0 Å². The summed E-state index contributed by atoms with van der Waals surface area (Å²) in [6, 6.07) is 0.381. The van der Waals surface area contributed by atoms with E-state index in [0.29, 0.717) is 0 Å². The van der Waals surface area contributed by atoms with Gasteiger partial charge in [-0.15, -0.1) is 0 Å². The molecule has 4 nitrogen and oxygen atoms in total. The Bertz CT molecular complexity index is 223. The van der Waals surface area contributed by atoms with Crippen LogP contribution in [0, 0.1) is 0 Å². The highest BCUT2D eigenvalue weighted by Crippen LogP contribution is 2.09. The Labute approximate surface area is 105 Å². The first-order chi connectivity index (χ1) is 8.09. The smallest absolute Gasteiger partial charge is 0.317 e. The summed E-state index contributed by atoms with van der Waals surface area (Å²) in [6.07, 6.45) is 5.84. The van der Waals surface area contributed by atoms with Crippen LogP contribution in [0.4, 0.5) is 4.79 Å². The maximum atomic E-state index is 12.0. The molecule has 0 spiro atoms. The quantitative estimate of drug-likeness (QED) is 0.816. The fourth-order valence-electron chi connectivity index (χ4n) is 2.10. The lowest BCUT2D eigenvalue weighted by molar-refractivity contribution is 0.195. The standard InChI is InChI=1S/C13H27N3O/c1-12(8-11-15(2)3)14-13(17)16-9-6-4-5-7-10-16/h12H,4-11H2,1-3H3,(H,14,17). The number of carbonyl (C=O) groups is 1. The third kappa shape index (κ3) is 5.91. The SMILES string of the molecule is CC(CCN(C)C)NC(=O)N1CCCCCC1. The van der Waals surface area contributed by atoms with Gasteiger partial charge < -0.3 is 15.1 Å². The van der Waals surface area contributed by atoms with Crippen LogP contribution in [-0.2, 0) is 0 Å². The van der Waals surface area contributed by atoms with E-state index >= 15 is 0 Å². The first-order valence-corrected chi connectivity index (χ1v) is 6.80. The number of nitrogens with one attached hydrogen (secondary N) is 1. The van der Waals surface area contributed by atoms with Crippen LogP contribution in [-0.4, -0.2) is 55.6 Å². The number of hydrogen-bond acceptors (Lipinski definition) is 2. The van der Waals surface area contributed by atoms with E-state index in [-0.39, 0.29) is 12.1 Å². The molecule has 0 aromatic carbocycles. The molecule has 0 radical (unpaired) electrons. The fourth-order valence-corrected chi connectivity index (χ4v) is 2.10. The van der Waals surface area contributed by atoms with Crippen LogP contribution in [0.2, 0.25) is 0 Å². The van der Waals surface area contributed by atoms with Crippen molar-refractivity contribution in [2.75, 3.05) is 33.7 Å². The highest BCUT2D eigenvalue weighted by molar-refractivity contribution is 5.74. The van der Waals surface area contributed by atoms with E-state index in [1.54, 1.807) is 0 Å². The van der Waals surface area contributed by atoms with E-state index in [4.69, 9.17) is 0 Å². The third-order valence-electron chi connectivity index (χ3n) is 3.27. The molecule has 17 heavy (non-hydrogen) atoms. The summed E-state index contributed by atoms with van der Waals surface area (Å²) in [6.45, 7) is 4.94. The number of nitrogens with zero attached hydrogens (tertiary/aromatic N) is 2. The Kier molecular flexibility index (Phi) is 6.34. The second kappa shape index (κ2) is 7.54. The van der Waals surface area contributed by atoms with E-state index in [1.807, 2.05) is 4.90 Å². The van der Waals surface area contributed by atoms with Crippen LogP contribution in [0.25, 0.3) is 0 Å². The summed E-state index contributed by atoms with van der Waals surface area (Å²) in [5.74, 6) is 0. The normalized spacial score (nSPS) is 18.9. The van der Waals surface area contributed by atoms with Gasteiger partial charge in [-0.25, -0.2) is 4.79 Å². The van der Waals surface area contributed by atoms with Crippen molar-refractivity contribution in [3.8, 4) is 0 Å². The first-order valence-electron chi connectivity index (χ1n) is 6.80. The molecule has 1 aliphatic rings. The van der Waals surface area contributed by atoms with Crippen molar-refractivity contribution in [3.05, 3.63) is 0 Å². The van der Waals surface area contributed by atoms with Gasteiger partial charge in [-0.2, -0.15) is 0 Å². The zero-order chi connectivity index (χ0) is 12.7. The Balaban J connectivity index is 2.26. The molecular weight excluding hydrogens is 214 g/mol. The predicted molar refractivity (Wildman–Crippen MR) is 71.2 cm³/mol. The molecule has 0 saturated carbocycles. The number of carbonyl (C=O) groups excluding carboxylic acids is 1. The van der Waals surface area contributed by atoms with Gasteiger partial charge in [-0.3, -0.25) is 0 Å². The van der Waals surface area contributed by atoms with Crippen LogP contribution in [0.1, 0.15) is 39.0 Å². The van der Waals surface area contributed by atoms with E-state index in [2.05, 4.69) is 31.2 Å². The zero-order valence-electron chi connectivity index (χ0n) is 11.5. The molecule has 4 heteroatoms. The van der Waals surface area contributed by atoms with Crippen LogP contribution < -0.4 is 5.32 Å². The van der Waals surface area contributed by atoms with Gasteiger partial charge in [0.25, 0.3) is 0 Å². The number of urea groups is 1. The highest BCUT2D eigenvalue weighted by atomic mass is 16.2. The summed E-state index contributed by atoms with van der Waals surface area (Å²) in [4.78, 5) is 16.1. The number of amides is 2. The number of hydrogen-bond donors (Lipinski definition) is 1. The maximum Gasteiger partial charge on any atom is 0.317 e. The van der Waals surface area contributed by atoms with Gasteiger partial charge >= 0.3 is 6.03 Å². The van der Waals surface area contributed by atoms with E-state index < -0.39 is 0 Å². The van der Waals surface area contributed by atoms with Crippen LogP contribution in [0.5, 0.6) is 0 Å². The highest BCUT2D eigenvalue weighted by Gasteiger charge is 2.16. The molecular formula is C13H27N3O. The Morgan fingerprint density at radius 3 is 2.35 bits per heavy atom. The molecule has 1 atom stereocenters. The van der Waals surface area contributed by atoms with Gasteiger partial charge in [0.15, 0.2) is 0 Å². The minimum absolute atomic E-state index is 0.123. The molecule has 1 N–H and O–H groups in total. The summed E-state index contributed by atoms with van der Waals surface area (Å²) in [7, 11) is 4.12. The average molecular weight is 241 g/mol. The second-order valence-electron chi connectivity index (χ2n) is 5.34. The first kappa shape index (κ1) is 14.3. The van der Waals surface area contributed by atoms with Crippen molar-refractivity contribution in [2.24, 2.45) is 0 Å². The molecule has 1 unspecified atom stereocenters. The second-order valence-corrected chi connectivity index (χ2v) is 5.34. The van der Waals surface area contributed by atoms with Gasteiger partial charge in [0.1, 0.15) is 0 Å². The van der Waals surface area contributed by atoms with E-state index in [1.165, 1.54) is 12.8 Å². The molecule has 1 rings (SSSR count). The van der Waals surface area contributed by atoms with Crippen molar-refractivity contribution in [1.29, 1.82) is 0 Å². The maximum absolute atomic E-state index is 12.0. The van der Waals surface area contributed by atoms with Gasteiger partial charge in [-0.05, 0) is 46.8 Å². The Morgan fingerprint density at radius 2 is 1.82 bits per heavy atom.